The number of halogens is 1. The fourth-order valence-electron chi connectivity index (χ4n) is 0.927. The molecule has 0 heterocycles. The van der Waals surface area contributed by atoms with E-state index >= 15 is 0 Å². The van der Waals surface area contributed by atoms with Gasteiger partial charge in [-0.15, -0.1) is 12.6 Å². The molecule has 0 aliphatic heterocycles. The minimum absolute atomic E-state index is 0.0301. The third-order valence-corrected chi connectivity index (χ3v) is 2.46. The summed E-state index contributed by atoms with van der Waals surface area (Å²) in [7, 11) is 3.44. The first-order valence-corrected chi connectivity index (χ1v) is 4.96. The molecule has 2 nitrogen and oxygen atoms in total. The summed E-state index contributed by atoms with van der Waals surface area (Å²) in [5, 5.41) is 0. The maximum absolute atomic E-state index is 11.5. The zero-order valence-corrected chi connectivity index (χ0v) is 9.89. The van der Waals surface area contributed by atoms with Gasteiger partial charge in [0.15, 0.2) is 0 Å². The standard InChI is InChI=1S/C9H10BrNOS/c1-11(2)9(12)7-4-3-6(10)5-8(7)13/h3-5,13H,1-2H3. The second-order valence-corrected chi connectivity index (χ2v) is 4.26. The third-order valence-electron chi connectivity index (χ3n) is 1.60. The summed E-state index contributed by atoms with van der Waals surface area (Å²) in [5.41, 5.74) is 0.622. The van der Waals surface area contributed by atoms with Crippen LogP contribution in [-0.2, 0) is 0 Å². The van der Waals surface area contributed by atoms with Gasteiger partial charge in [-0.1, -0.05) is 15.9 Å². The van der Waals surface area contributed by atoms with E-state index in [1.807, 2.05) is 6.07 Å². The van der Waals surface area contributed by atoms with Gasteiger partial charge in [0.05, 0.1) is 5.56 Å². The number of carbonyl (C=O) groups excluding carboxylic acids is 1. The van der Waals surface area contributed by atoms with Crippen molar-refractivity contribution in [1.82, 2.24) is 4.90 Å². The molecule has 0 aliphatic rings. The molecule has 0 aromatic heterocycles. The lowest BCUT2D eigenvalue weighted by atomic mass is 10.2. The molecule has 0 spiro atoms. The largest absolute Gasteiger partial charge is 0.345 e. The lowest BCUT2D eigenvalue weighted by molar-refractivity contribution is 0.0824. The Morgan fingerprint density at radius 1 is 1.46 bits per heavy atom. The molecule has 4 heteroatoms. The molecule has 0 aliphatic carbocycles. The normalized spacial score (nSPS) is 9.85. The molecule has 0 N–H and O–H groups in total. The van der Waals surface area contributed by atoms with Crippen LogP contribution in [0.15, 0.2) is 27.6 Å². The van der Waals surface area contributed by atoms with Gasteiger partial charge in [0.25, 0.3) is 5.91 Å². The highest BCUT2D eigenvalue weighted by Gasteiger charge is 2.10. The zero-order chi connectivity index (χ0) is 10.0. The summed E-state index contributed by atoms with van der Waals surface area (Å²) >= 11 is 7.53. The van der Waals surface area contributed by atoms with Crippen LogP contribution in [0.3, 0.4) is 0 Å². The minimum Gasteiger partial charge on any atom is -0.345 e. The van der Waals surface area contributed by atoms with Gasteiger partial charge in [-0.25, -0.2) is 0 Å². The smallest absolute Gasteiger partial charge is 0.254 e. The average Bonchev–Trinajstić information content (AvgIpc) is 2.03. The van der Waals surface area contributed by atoms with E-state index in [4.69, 9.17) is 0 Å². The Morgan fingerprint density at radius 2 is 2.08 bits per heavy atom. The Balaban J connectivity index is 3.09. The zero-order valence-electron chi connectivity index (χ0n) is 7.41. The van der Waals surface area contributed by atoms with Crippen molar-refractivity contribution in [3.05, 3.63) is 28.2 Å². The number of thiol groups is 1. The molecule has 0 saturated carbocycles. The number of nitrogens with zero attached hydrogens (tertiary/aromatic N) is 1. The topological polar surface area (TPSA) is 20.3 Å². The summed E-state index contributed by atoms with van der Waals surface area (Å²) in [6, 6.07) is 5.39. The van der Waals surface area contributed by atoms with E-state index in [1.165, 1.54) is 4.90 Å². The van der Waals surface area contributed by atoms with Crippen molar-refractivity contribution in [2.45, 2.75) is 4.90 Å². The van der Waals surface area contributed by atoms with Gasteiger partial charge in [-0.2, -0.15) is 0 Å². The van der Waals surface area contributed by atoms with E-state index in [1.54, 1.807) is 26.2 Å². The second kappa shape index (κ2) is 4.15. The quantitative estimate of drug-likeness (QED) is 0.769. The van der Waals surface area contributed by atoms with Gasteiger partial charge in [-0.05, 0) is 18.2 Å². The molecule has 0 saturated heterocycles. The Hall–Kier alpha value is -0.480. The fraction of sp³-hybridized carbons (Fsp3) is 0.222. The highest BCUT2D eigenvalue weighted by molar-refractivity contribution is 9.10. The van der Waals surface area contributed by atoms with Crippen LogP contribution in [0.2, 0.25) is 0 Å². The lowest BCUT2D eigenvalue weighted by Gasteiger charge is -2.11. The van der Waals surface area contributed by atoms with Crippen molar-refractivity contribution in [1.29, 1.82) is 0 Å². The molecule has 1 aromatic rings. The third kappa shape index (κ3) is 2.48. The number of hydrogen-bond donors (Lipinski definition) is 1. The van der Waals surface area contributed by atoms with E-state index in [9.17, 15) is 4.79 Å². The summed E-state index contributed by atoms with van der Waals surface area (Å²) in [5.74, 6) is -0.0301. The van der Waals surface area contributed by atoms with Crippen LogP contribution in [0.4, 0.5) is 0 Å². The first kappa shape index (κ1) is 10.6. The maximum atomic E-state index is 11.5. The van der Waals surface area contributed by atoms with E-state index in [0.29, 0.717) is 10.5 Å². The van der Waals surface area contributed by atoms with Crippen LogP contribution >= 0.6 is 28.6 Å². The SMILES string of the molecule is CN(C)C(=O)c1ccc(Br)cc1S. The Kier molecular flexibility index (Phi) is 3.39. The average molecular weight is 260 g/mol. The van der Waals surface area contributed by atoms with Crippen molar-refractivity contribution < 1.29 is 4.79 Å². The summed E-state index contributed by atoms with van der Waals surface area (Å²) in [6.07, 6.45) is 0. The number of amides is 1. The number of carbonyl (C=O) groups is 1. The monoisotopic (exact) mass is 259 g/mol. The maximum Gasteiger partial charge on any atom is 0.254 e. The number of benzene rings is 1. The van der Waals surface area contributed by atoms with Gasteiger partial charge in [-0.3, -0.25) is 4.79 Å². The van der Waals surface area contributed by atoms with Crippen molar-refractivity contribution in [2.24, 2.45) is 0 Å². The van der Waals surface area contributed by atoms with Gasteiger partial charge in [0.1, 0.15) is 0 Å². The molecule has 1 rings (SSSR count). The molecule has 0 atom stereocenters. The molecule has 0 unspecified atom stereocenters. The van der Waals surface area contributed by atoms with Crippen LogP contribution in [0, 0.1) is 0 Å². The molecular formula is C9H10BrNOS. The van der Waals surface area contributed by atoms with E-state index < -0.39 is 0 Å². The van der Waals surface area contributed by atoms with Gasteiger partial charge in [0.2, 0.25) is 0 Å². The molecule has 1 amide bonds. The van der Waals surface area contributed by atoms with Crippen LogP contribution in [0.1, 0.15) is 10.4 Å². The van der Waals surface area contributed by atoms with Crippen LogP contribution in [0.25, 0.3) is 0 Å². The Labute approximate surface area is 91.5 Å². The first-order valence-electron chi connectivity index (χ1n) is 3.72. The fourth-order valence-corrected chi connectivity index (χ4v) is 1.77. The summed E-state index contributed by atoms with van der Waals surface area (Å²) in [4.78, 5) is 13.8. The van der Waals surface area contributed by atoms with Crippen LogP contribution in [0.5, 0.6) is 0 Å². The molecule has 1 aromatic carbocycles. The van der Waals surface area contributed by atoms with Gasteiger partial charge in [0, 0.05) is 23.5 Å². The van der Waals surface area contributed by atoms with Crippen molar-refractivity contribution in [3.8, 4) is 0 Å². The van der Waals surface area contributed by atoms with E-state index in [-0.39, 0.29) is 5.91 Å². The van der Waals surface area contributed by atoms with Crippen molar-refractivity contribution >= 4 is 34.5 Å². The van der Waals surface area contributed by atoms with Crippen molar-refractivity contribution in [2.75, 3.05) is 14.1 Å². The molecule has 0 radical (unpaired) electrons. The van der Waals surface area contributed by atoms with Crippen LogP contribution < -0.4 is 0 Å². The van der Waals surface area contributed by atoms with E-state index in [2.05, 4.69) is 28.6 Å². The van der Waals surface area contributed by atoms with Crippen LogP contribution in [-0.4, -0.2) is 24.9 Å². The number of hydrogen-bond acceptors (Lipinski definition) is 2. The predicted molar refractivity (Wildman–Crippen MR) is 59.4 cm³/mol. The molecule has 70 valence electrons. The Morgan fingerprint density at radius 3 is 2.54 bits per heavy atom. The minimum atomic E-state index is -0.0301. The summed E-state index contributed by atoms with van der Waals surface area (Å²) < 4.78 is 0.924. The molecule has 13 heavy (non-hydrogen) atoms. The first-order chi connectivity index (χ1) is 6.02. The highest BCUT2D eigenvalue weighted by atomic mass is 79.9. The Bertz CT molecular complexity index is 338. The molecule has 0 fully saturated rings. The van der Waals surface area contributed by atoms with E-state index in [0.717, 1.165) is 4.47 Å². The predicted octanol–water partition coefficient (Wildman–Crippen LogP) is 2.44. The highest BCUT2D eigenvalue weighted by Crippen LogP contribution is 2.20. The second-order valence-electron chi connectivity index (χ2n) is 2.86. The molecule has 0 bridgehead atoms. The van der Waals surface area contributed by atoms with Crippen molar-refractivity contribution in [3.63, 3.8) is 0 Å². The summed E-state index contributed by atoms with van der Waals surface area (Å²) in [6.45, 7) is 0. The lowest BCUT2D eigenvalue weighted by Crippen LogP contribution is -2.22. The van der Waals surface area contributed by atoms with Gasteiger partial charge >= 0.3 is 0 Å². The number of rotatable bonds is 1. The molecular weight excluding hydrogens is 250 g/mol. The van der Waals surface area contributed by atoms with Gasteiger partial charge < -0.3 is 4.90 Å².